The number of aromatic nitrogens is 1. The fourth-order valence-corrected chi connectivity index (χ4v) is 2.75. The van der Waals surface area contributed by atoms with Gasteiger partial charge < -0.3 is 0 Å². The predicted molar refractivity (Wildman–Crippen MR) is 75.8 cm³/mol. The van der Waals surface area contributed by atoms with Crippen molar-refractivity contribution in [1.29, 1.82) is 0 Å². The minimum atomic E-state index is 0.657. The summed E-state index contributed by atoms with van der Waals surface area (Å²) in [6.45, 7) is 0. The van der Waals surface area contributed by atoms with Crippen LogP contribution in [0.1, 0.15) is 0 Å². The second-order valence-corrected chi connectivity index (χ2v) is 5.19. The monoisotopic (exact) mass is 304 g/mol. The molecule has 100 valence electrons. The van der Waals surface area contributed by atoms with Gasteiger partial charge in [-0.15, -0.1) is 0 Å². The van der Waals surface area contributed by atoms with E-state index >= 15 is 0 Å². The molecule has 2 aliphatic rings. The van der Waals surface area contributed by atoms with Crippen LogP contribution >= 0.6 is 0 Å². The maximum absolute atomic E-state index is 5.91. The van der Waals surface area contributed by atoms with Crippen LogP contribution in [0.15, 0.2) is 52.9 Å². The third-order valence-electron chi connectivity index (χ3n) is 3.34. The van der Waals surface area contributed by atoms with E-state index in [1.807, 2.05) is 42.5 Å². The average Bonchev–Trinajstić information content (AvgIpc) is 2.46. The first-order valence-electron chi connectivity index (χ1n) is 6.19. The number of nitrogen functional groups attached to an aromatic ring is 1. The molecular formula is C16H10N2NiO. The molecule has 2 N–H and O–H groups in total. The van der Waals surface area contributed by atoms with Crippen molar-refractivity contribution in [2.24, 2.45) is 0 Å². The van der Waals surface area contributed by atoms with E-state index in [4.69, 9.17) is 30.2 Å². The quantitative estimate of drug-likeness (QED) is 0.233. The van der Waals surface area contributed by atoms with Crippen LogP contribution in [-0.2, 0) is 15.0 Å². The number of anilines is 1. The molecule has 0 aromatic heterocycles. The number of nitrogens with two attached hydrogens (primary N) is 1. The molecule has 0 saturated carbocycles. The van der Waals surface area contributed by atoms with Gasteiger partial charge in [0.2, 0.25) is 0 Å². The van der Waals surface area contributed by atoms with Crippen molar-refractivity contribution < 1.29 is 19.4 Å². The topological polar surface area (TPSA) is 52.0 Å². The SMILES string of the molecule is Nc1ccc2nc3c4ccccc4[c](=[Ni])cc-3oc2c1. The van der Waals surface area contributed by atoms with Crippen molar-refractivity contribution >= 4 is 27.6 Å². The van der Waals surface area contributed by atoms with Crippen LogP contribution < -0.4 is 5.73 Å². The number of fused-ring (bicyclic) bond motifs is 4. The Labute approximate surface area is 122 Å². The molecule has 0 unspecified atom stereocenters. The van der Waals surface area contributed by atoms with Crippen molar-refractivity contribution in [3.05, 3.63) is 52.7 Å². The van der Waals surface area contributed by atoms with Crippen LogP contribution in [0.5, 0.6) is 0 Å². The number of hydrogen-bond acceptors (Lipinski definition) is 3. The Morgan fingerprint density at radius 1 is 1.00 bits per heavy atom. The number of nitrogens with zero attached hydrogens (tertiary/aromatic N) is 1. The fourth-order valence-electron chi connectivity index (χ4n) is 2.41. The van der Waals surface area contributed by atoms with Gasteiger partial charge in [0.1, 0.15) is 0 Å². The van der Waals surface area contributed by atoms with Crippen molar-refractivity contribution in [1.82, 2.24) is 4.98 Å². The molecular weight excluding hydrogens is 295 g/mol. The van der Waals surface area contributed by atoms with E-state index < -0.39 is 0 Å². The van der Waals surface area contributed by atoms with Crippen molar-refractivity contribution in [3.63, 3.8) is 0 Å². The normalized spacial score (nSPS) is 11.5. The van der Waals surface area contributed by atoms with Gasteiger partial charge in [-0.25, -0.2) is 0 Å². The van der Waals surface area contributed by atoms with E-state index in [2.05, 4.69) is 0 Å². The van der Waals surface area contributed by atoms with E-state index in [1.54, 1.807) is 6.07 Å². The van der Waals surface area contributed by atoms with E-state index in [-0.39, 0.29) is 0 Å². The standard InChI is InChI=1S/C16H10N2O.Ni/c17-11-6-7-13-15(9-11)19-14-8-5-10-3-1-2-4-12(10)16(14)18-13;/h1-4,6-9H,17H2;. The summed E-state index contributed by atoms with van der Waals surface area (Å²) in [7, 11) is 0. The van der Waals surface area contributed by atoms with Gasteiger partial charge in [-0.3, -0.25) is 0 Å². The minimum absolute atomic E-state index is 0.657. The molecule has 0 amide bonds. The molecule has 0 saturated heterocycles. The molecule has 3 nitrogen and oxygen atoms in total. The summed E-state index contributed by atoms with van der Waals surface area (Å²) in [5.41, 5.74) is 8.73. The van der Waals surface area contributed by atoms with Crippen LogP contribution in [-0.4, -0.2) is 4.98 Å². The maximum atomic E-state index is 5.91. The fraction of sp³-hybridized carbons (Fsp3) is 0. The van der Waals surface area contributed by atoms with Crippen molar-refractivity contribution in [3.8, 4) is 11.5 Å². The molecule has 0 bridgehead atoms. The first-order valence-corrected chi connectivity index (χ1v) is 6.69. The second-order valence-electron chi connectivity index (χ2n) is 4.66. The van der Waals surface area contributed by atoms with Gasteiger partial charge in [-0.1, -0.05) is 0 Å². The molecule has 2 aromatic carbocycles. The van der Waals surface area contributed by atoms with Crippen LogP contribution in [0, 0.1) is 4.14 Å². The van der Waals surface area contributed by atoms with E-state index in [9.17, 15) is 0 Å². The molecule has 0 fully saturated rings. The molecule has 0 radical (unpaired) electrons. The summed E-state index contributed by atoms with van der Waals surface area (Å²) >= 11 is 5.08. The molecule has 1 aliphatic heterocycles. The third-order valence-corrected chi connectivity index (χ3v) is 3.75. The van der Waals surface area contributed by atoms with E-state index in [1.165, 1.54) is 0 Å². The average molecular weight is 305 g/mol. The Hall–Kier alpha value is -2.19. The Bertz CT molecular complexity index is 990. The number of benzene rings is 3. The first kappa shape index (κ1) is 11.6. The summed E-state index contributed by atoms with van der Waals surface area (Å²) in [5, 5.41) is 2.06. The second kappa shape index (κ2) is 4.15. The predicted octanol–water partition coefficient (Wildman–Crippen LogP) is 3.75. The van der Waals surface area contributed by atoms with Gasteiger partial charge >= 0.3 is 122 Å². The Morgan fingerprint density at radius 2 is 1.80 bits per heavy atom. The summed E-state index contributed by atoms with van der Waals surface area (Å²) in [5.74, 6) is 0.697. The number of rotatable bonds is 0. The third kappa shape index (κ3) is 1.65. The van der Waals surface area contributed by atoms with Crippen molar-refractivity contribution in [2.45, 2.75) is 0 Å². The van der Waals surface area contributed by atoms with Crippen LogP contribution in [0.3, 0.4) is 0 Å². The van der Waals surface area contributed by atoms with Crippen LogP contribution in [0.2, 0.25) is 0 Å². The molecule has 0 spiro atoms. The van der Waals surface area contributed by atoms with Gasteiger partial charge in [0.05, 0.1) is 0 Å². The zero-order valence-electron chi connectivity index (χ0n) is 10.4. The molecule has 0 atom stereocenters. The Kier molecular flexibility index (Phi) is 2.41. The summed E-state index contributed by atoms with van der Waals surface area (Å²) < 4.78 is 6.72. The van der Waals surface area contributed by atoms with Crippen molar-refractivity contribution in [2.75, 3.05) is 5.73 Å². The summed E-state index contributed by atoms with van der Waals surface area (Å²) in [4.78, 5) is 4.70. The van der Waals surface area contributed by atoms with Gasteiger partial charge in [-0.05, 0) is 0 Å². The van der Waals surface area contributed by atoms with Crippen LogP contribution in [0.4, 0.5) is 5.69 Å². The zero-order valence-corrected chi connectivity index (χ0v) is 11.4. The molecule has 20 heavy (non-hydrogen) atoms. The van der Waals surface area contributed by atoms with Crippen LogP contribution in [0.25, 0.3) is 33.3 Å². The Balaban J connectivity index is 2.25. The molecule has 4 rings (SSSR count). The first-order chi connectivity index (χ1) is 9.72. The Morgan fingerprint density at radius 3 is 2.65 bits per heavy atom. The van der Waals surface area contributed by atoms with Gasteiger partial charge in [0.25, 0.3) is 0 Å². The van der Waals surface area contributed by atoms with Gasteiger partial charge in [0, 0.05) is 0 Å². The zero-order chi connectivity index (χ0) is 13.7. The molecule has 1 heterocycles. The molecule has 2 aromatic rings. The molecule has 4 heteroatoms. The van der Waals surface area contributed by atoms with E-state index in [0.29, 0.717) is 17.0 Å². The number of hydrogen-bond donors (Lipinski definition) is 1. The summed E-state index contributed by atoms with van der Waals surface area (Å²) in [6.07, 6.45) is 0. The summed E-state index contributed by atoms with van der Waals surface area (Å²) in [6, 6.07) is 15.3. The van der Waals surface area contributed by atoms with E-state index in [0.717, 1.165) is 26.1 Å². The molecule has 1 aliphatic carbocycles. The van der Waals surface area contributed by atoms with Gasteiger partial charge in [0.15, 0.2) is 0 Å². The van der Waals surface area contributed by atoms with Gasteiger partial charge in [-0.2, -0.15) is 0 Å².